The van der Waals surface area contributed by atoms with E-state index in [2.05, 4.69) is 11.7 Å². The molecular formula is C12H15N3O4. The quantitative estimate of drug-likeness (QED) is 0.827. The number of carbonyl (C=O) groups is 2. The second-order valence-corrected chi connectivity index (χ2v) is 4.19. The van der Waals surface area contributed by atoms with Crippen molar-refractivity contribution in [3.8, 4) is 0 Å². The number of carboxylic acids is 1. The average Bonchev–Trinajstić information content (AvgIpc) is 2.68. The minimum Gasteiger partial charge on any atom is -0.476 e. The zero-order valence-electron chi connectivity index (χ0n) is 10.4. The predicted molar refractivity (Wildman–Crippen MR) is 65.8 cm³/mol. The number of aryl methyl sites for hydroxylation is 1. The van der Waals surface area contributed by atoms with E-state index in [1.807, 2.05) is 0 Å². The number of carboxylic acid groups (broad SMARTS) is 1. The monoisotopic (exact) mass is 265 g/mol. The summed E-state index contributed by atoms with van der Waals surface area (Å²) < 4.78 is 6.61. The molecule has 1 aliphatic heterocycles. The summed E-state index contributed by atoms with van der Waals surface area (Å²) >= 11 is 0. The Kier molecular flexibility index (Phi) is 3.84. The lowest BCUT2D eigenvalue weighted by Gasteiger charge is -2.18. The van der Waals surface area contributed by atoms with Crippen LogP contribution < -0.4 is 0 Å². The minimum atomic E-state index is -1.07. The lowest BCUT2D eigenvalue weighted by molar-refractivity contribution is 0.0689. The van der Waals surface area contributed by atoms with Gasteiger partial charge in [0.2, 0.25) is 0 Å². The van der Waals surface area contributed by atoms with Crippen molar-refractivity contribution in [2.75, 3.05) is 13.2 Å². The van der Waals surface area contributed by atoms with Crippen molar-refractivity contribution in [1.82, 2.24) is 14.7 Å². The van der Waals surface area contributed by atoms with Crippen LogP contribution in [0.15, 0.2) is 18.7 Å². The number of aromatic nitrogens is 2. The molecular weight excluding hydrogens is 250 g/mol. The number of carbonyl (C=O) groups excluding carboxylic acids is 1. The number of fused-ring (bicyclic) bond motifs is 1. The van der Waals surface area contributed by atoms with Crippen LogP contribution in [-0.4, -0.2) is 45.0 Å². The molecule has 0 atom stereocenters. The van der Waals surface area contributed by atoms with Crippen LogP contribution in [0.2, 0.25) is 0 Å². The van der Waals surface area contributed by atoms with Gasteiger partial charge in [-0.3, -0.25) is 4.68 Å². The van der Waals surface area contributed by atoms with Crippen LogP contribution in [0.5, 0.6) is 0 Å². The van der Waals surface area contributed by atoms with Gasteiger partial charge in [0.25, 0.3) is 0 Å². The van der Waals surface area contributed by atoms with Gasteiger partial charge in [0.15, 0.2) is 5.69 Å². The number of ether oxygens (including phenoxy) is 1. The zero-order chi connectivity index (χ0) is 13.8. The average molecular weight is 265 g/mol. The Balaban J connectivity index is 2.12. The first-order valence-corrected chi connectivity index (χ1v) is 5.94. The van der Waals surface area contributed by atoms with Crippen molar-refractivity contribution < 1.29 is 19.4 Å². The summed E-state index contributed by atoms with van der Waals surface area (Å²) in [4.78, 5) is 24.2. The highest BCUT2D eigenvalue weighted by molar-refractivity contribution is 5.85. The third-order valence-corrected chi connectivity index (χ3v) is 2.82. The highest BCUT2D eigenvalue weighted by Crippen LogP contribution is 2.14. The molecule has 1 aromatic heterocycles. The van der Waals surface area contributed by atoms with Crippen molar-refractivity contribution in [2.45, 2.75) is 19.5 Å². The Morgan fingerprint density at radius 1 is 1.53 bits per heavy atom. The van der Waals surface area contributed by atoms with Crippen LogP contribution in [0, 0.1) is 0 Å². The third-order valence-electron chi connectivity index (χ3n) is 2.82. The molecule has 1 aromatic rings. The van der Waals surface area contributed by atoms with Crippen LogP contribution in [0.4, 0.5) is 4.79 Å². The topological polar surface area (TPSA) is 84.7 Å². The van der Waals surface area contributed by atoms with Gasteiger partial charge < -0.3 is 14.7 Å². The first-order valence-electron chi connectivity index (χ1n) is 5.94. The molecule has 102 valence electrons. The van der Waals surface area contributed by atoms with Gasteiger partial charge in [0.1, 0.15) is 6.61 Å². The van der Waals surface area contributed by atoms with Gasteiger partial charge in [-0.1, -0.05) is 12.7 Å². The molecule has 0 saturated carbocycles. The molecule has 1 amide bonds. The highest BCUT2D eigenvalue weighted by atomic mass is 16.6. The summed E-state index contributed by atoms with van der Waals surface area (Å²) in [5.74, 6) is -1.07. The van der Waals surface area contributed by atoms with E-state index in [9.17, 15) is 9.59 Å². The van der Waals surface area contributed by atoms with E-state index >= 15 is 0 Å². The summed E-state index contributed by atoms with van der Waals surface area (Å²) in [6.07, 6.45) is 1.78. The lowest BCUT2D eigenvalue weighted by Crippen LogP contribution is -2.31. The molecule has 0 saturated heterocycles. The maximum Gasteiger partial charge on any atom is 0.410 e. The van der Waals surface area contributed by atoms with Gasteiger partial charge in [0.05, 0.1) is 12.2 Å². The molecule has 1 aliphatic rings. The molecule has 0 fully saturated rings. The molecule has 0 spiro atoms. The Morgan fingerprint density at radius 2 is 2.32 bits per heavy atom. The molecule has 0 aromatic carbocycles. The SMILES string of the molecule is C=CCOC(=O)N1CCCn2nc(C(=O)O)cc2C1. The fourth-order valence-electron chi connectivity index (χ4n) is 1.94. The van der Waals surface area contributed by atoms with Crippen LogP contribution >= 0.6 is 0 Å². The van der Waals surface area contributed by atoms with Crippen LogP contribution in [0.25, 0.3) is 0 Å². The first kappa shape index (κ1) is 13.1. The molecule has 0 bridgehead atoms. The number of hydrogen-bond acceptors (Lipinski definition) is 4. The van der Waals surface area contributed by atoms with E-state index in [1.165, 1.54) is 17.0 Å². The Morgan fingerprint density at radius 3 is 3.00 bits per heavy atom. The number of amides is 1. The molecule has 1 N–H and O–H groups in total. The van der Waals surface area contributed by atoms with Gasteiger partial charge in [0, 0.05) is 13.1 Å². The highest BCUT2D eigenvalue weighted by Gasteiger charge is 2.22. The van der Waals surface area contributed by atoms with Gasteiger partial charge in [-0.15, -0.1) is 0 Å². The Hall–Kier alpha value is -2.31. The second kappa shape index (κ2) is 5.55. The minimum absolute atomic E-state index is 0.00342. The standard InChI is InChI=1S/C12H15N3O4/c1-2-6-19-12(18)14-4-3-5-15-9(8-14)7-10(13-15)11(16)17/h2,7H,1,3-6,8H2,(H,16,17). The Labute approximate surface area is 110 Å². The van der Waals surface area contributed by atoms with Gasteiger partial charge in [-0.2, -0.15) is 5.10 Å². The number of nitrogens with zero attached hydrogens (tertiary/aromatic N) is 3. The summed E-state index contributed by atoms with van der Waals surface area (Å²) in [5.41, 5.74) is 0.696. The summed E-state index contributed by atoms with van der Waals surface area (Å²) in [5, 5.41) is 12.9. The van der Waals surface area contributed by atoms with E-state index in [0.717, 1.165) is 0 Å². The van der Waals surface area contributed by atoms with E-state index in [1.54, 1.807) is 4.68 Å². The first-order chi connectivity index (χ1) is 9.11. The molecule has 0 unspecified atom stereocenters. The van der Waals surface area contributed by atoms with E-state index in [4.69, 9.17) is 9.84 Å². The Bertz CT molecular complexity index is 509. The maximum atomic E-state index is 11.8. The van der Waals surface area contributed by atoms with Gasteiger partial charge in [-0.25, -0.2) is 9.59 Å². The molecule has 7 nitrogen and oxygen atoms in total. The van der Waals surface area contributed by atoms with E-state index < -0.39 is 12.1 Å². The number of aromatic carboxylic acids is 1. The fourth-order valence-corrected chi connectivity index (χ4v) is 1.94. The predicted octanol–water partition coefficient (Wildman–Crippen LogP) is 1.11. The van der Waals surface area contributed by atoms with Crippen molar-refractivity contribution in [3.63, 3.8) is 0 Å². The zero-order valence-corrected chi connectivity index (χ0v) is 10.4. The maximum absolute atomic E-state index is 11.8. The van der Waals surface area contributed by atoms with Crippen molar-refractivity contribution in [1.29, 1.82) is 0 Å². The van der Waals surface area contributed by atoms with Crippen LogP contribution in [0.3, 0.4) is 0 Å². The largest absolute Gasteiger partial charge is 0.476 e. The summed E-state index contributed by atoms with van der Waals surface area (Å²) in [6.45, 7) is 5.09. The fraction of sp³-hybridized carbons (Fsp3) is 0.417. The third kappa shape index (κ3) is 2.93. The second-order valence-electron chi connectivity index (χ2n) is 4.19. The van der Waals surface area contributed by atoms with Crippen LogP contribution in [0.1, 0.15) is 22.6 Å². The van der Waals surface area contributed by atoms with Gasteiger partial charge >= 0.3 is 12.1 Å². The number of rotatable bonds is 3. The van der Waals surface area contributed by atoms with E-state index in [-0.39, 0.29) is 12.3 Å². The molecule has 2 rings (SSSR count). The molecule has 2 heterocycles. The molecule has 0 aliphatic carbocycles. The van der Waals surface area contributed by atoms with Crippen molar-refractivity contribution in [3.05, 3.63) is 30.1 Å². The van der Waals surface area contributed by atoms with E-state index in [0.29, 0.717) is 31.7 Å². The molecule has 7 heteroatoms. The number of hydrogen-bond donors (Lipinski definition) is 1. The normalized spacial score (nSPS) is 14.4. The molecule has 19 heavy (non-hydrogen) atoms. The van der Waals surface area contributed by atoms with Crippen LogP contribution in [-0.2, 0) is 17.8 Å². The summed E-state index contributed by atoms with van der Waals surface area (Å²) in [7, 11) is 0. The molecule has 0 radical (unpaired) electrons. The van der Waals surface area contributed by atoms with Gasteiger partial charge in [-0.05, 0) is 12.5 Å². The summed E-state index contributed by atoms with van der Waals surface area (Å²) in [6, 6.07) is 1.49. The smallest absolute Gasteiger partial charge is 0.410 e. The van der Waals surface area contributed by atoms with Crippen molar-refractivity contribution in [2.24, 2.45) is 0 Å². The lowest BCUT2D eigenvalue weighted by atomic mass is 10.3. The van der Waals surface area contributed by atoms with Crippen molar-refractivity contribution >= 4 is 12.1 Å².